The van der Waals surface area contributed by atoms with Gasteiger partial charge in [0.1, 0.15) is 0 Å². The molecule has 1 aliphatic carbocycles. The lowest BCUT2D eigenvalue weighted by atomic mass is 9.67. The van der Waals surface area contributed by atoms with Gasteiger partial charge in [0.15, 0.2) is 17.5 Å². The topological polar surface area (TPSA) is 38.7 Å². The molecule has 8 aromatic rings. The van der Waals surface area contributed by atoms with Crippen LogP contribution in [0.3, 0.4) is 0 Å². The van der Waals surface area contributed by atoms with Gasteiger partial charge in [0.2, 0.25) is 0 Å². The van der Waals surface area contributed by atoms with E-state index in [-0.39, 0.29) is 0 Å². The van der Waals surface area contributed by atoms with Gasteiger partial charge >= 0.3 is 0 Å². The number of hydrogen-bond acceptors (Lipinski definition) is 4. The summed E-state index contributed by atoms with van der Waals surface area (Å²) in [6.45, 7) is 0. The van der Waals surface area contributed by atoms with Crippen LogP contribution < -0.4 is 0 Å². The molecule has 2 heterocycles. The SMILES string of the molecule is c1ccc(-c2nc(-c3cccc4c3-c3ccccc3C43c4ccccc4Sc4ccccc43)nc(-c3cccc4ccccc34)n2)cc1. The van der Waals surface area contributed by atoms with E-state index >= 15 is 0 Å². The molecule has 0 radical (unpaired) electrons. The quantitative estimate of drug-likeness (QED) is 0.195. The van der Waals surface area contributed by atoms with E-state index in [9.17, 15) is 0 Å². The van der Waals surface area contributed by atoms with Crippen molar-refractivity contribution in [3.63, 3.8) is 0 Å². The molecule has 0 saturated carbocycles. The summed E-state index contributed by atoms with van der Waals surface area (Å²) in [5, 5.41) is 2.27. The van der Waals surface area contributed by atoms with Crippen LogP contribution in [0, 0.1) is 0 Å². The second-order valence-corrected chi connectivity index (χ2v) is 13.4. The predicted octanol–water partition coefficient (Wildman–Crippen LogP) is 10.9. The maximum absolute atomic E-state index is 5.30. The highest BCUT2D eigenvalue weighted by Gasteiger charge is 2.50. The highest BCUT2D eigenvalue weighted by molar-refractivity contribution is 7.99. The summed E-state index contributed by atoms with van der Waals surface area (Å²) in [5.74, 6) is 1.99. The molecule has 2 aliphatic rings. The Balaban J connectivity index is 1.29. The van der Waals surface area contributed by atoms with E-state index in [4.69, 9.17) is 15.0 Å². The number of rotatable bonds is 3. The van der Waals surface area contributed by atoms with Gasteiger partial charge in [-0.05, 0) is 56.3 Å². The van der Waals surface area contributed by atoms with E-state index in [1.54, 1.807) is 0 Å². The second-order valence-electron chi connectivity index (χ2n) is 12.3. The lowest BCUT2D eigenvalue weighted by Gasteiger charge is -2.39. The van der Waals surface area contributed by atoms with E-state index in [1.807, 2.05) is 30.0 Å². The highest BCUT2D eigenvalue weighted by Crippen LogP contribution is 2.63. The van der Waals surface area contributed by atoms with Gasteiger partial charge in [0.05, 0.1) is 5.41 Å². The summed E-state index contributed by atoms with van der Waals surface area (Å²) < 4.78 is 0. The van der Waals surface area contributed by atoms with Gasteiger partial charge in [-0.15, -0.1) is 0 Å². The van der Waals surface area contributed by atoms with Crippen molar-refractivity contribution < 1.29 is 0 Å². The van der Waals surface area contributed by atoms with Crippen LogP contribution in [0.15, 0.2) is 174 Å². The van der Waals surface area contributed by atoms with Crippen molar-refractivity contribution in [2.24, 2.45) is 0 Å². The average Bonchev–Trinajstić information content (AvgIpc) is 3.46. The Morgan fingerprint density at radius 1 is 0.375 bits per heavy atom. The Kier molecular flexibility index (Phi) is 6.02. The summed E-state index contributed by atoms with van der Waals surface area (Å²) in [4.78, 5) is 18.2. The molecule has 1 aliphatic heterocycles. The van der Waals surface area contributed by atoms with Gasteiger partial charge in [-0.3, -0.25) is 0 Å². The van der Waals surface area contributed by atoms with Crippen molar-refractivity contribution in [1.82, 2.24) is 15.0 Å². The Labute approximate surface area is 283 Å². The van der Waals surface area contributed by atoms with E-state index < -0.39 is 5.41 Å². The molecule has 0 fully saturated rings. The molecule has 1 spiro atoms. The zero-order valence-corrected chi connectivity index (χ0v) is 26.7. The second kappa shape index (κ2) is 10.6. The molecule has 3 nitrogen and oxygen atoms in total. The fourth-order valence-electron chi connectivity index (χ4n) is 7.84. The first-order valence-electron chi connectivity index (χ1n) is 16.2. The van der Waals surface area contributed by atoms with Gasteiger partial charge < -0.3 is 0 Å². The summed E-state index contributed by atoms with van der Waals surface area (Å²) in [6, 6.07) is 58.4. The minimum absolute atomic E-state index is 0.464. The largest absolute Gasteiger partial charge is 0.208 e. The van der Waals surface area contributed by atoms with Crippen LogP contribution in [0.5, 0.6) is 0 Å². The Hall–Kier alpha value is -5.84. The van der Waals surface area contributed by atoms with Crippen molar-refractivity contribution in [2.45, 2.75) is 15.2 Å². The lowest BCUT2D eigenvalue weighted by molar-refractivity contribution is 0.722. The molecule has 0 N–H and O–H groups in total. The van der Waals surface area contributed by atoms with Crippen molar-refractivity contribution in [3.8, 4) is 45.3 Å². The highest BCUT2D eigenvalue weighted by atomic mass is 32.2. The zero-order chi connectivity index (χ0) is 31.7. The Morgan fingerprint density at radius 2 is 0.896 bits per heavy atom. The standard InChI is InChI=1S/C44H27N3S/c1-2-15-29(16-3-1)41-45-42(31-20-12-17-28-14-4-5-18-30(28)31)47-43(46-41)33-21-13-25-37-40(33)32-19-6-7-22-34(32)44(37)35-23-8-10-26-38(35)48-39-27-11-9-24-36(39)44/h1-27H. The first-order valence-corrected chi connectivity index (χ1v) is 17.0. The van der Waals surface area contributed by atoms with Crippen LogP contribution >= 0.6 is 11.8 Å². The minimum atomic E-state index is -0.464. The Morgan fingerprint density at radius 3 is 1.69 bits per heavy atom. The van der Waals surface area contributed by atoms with Gasteiger partial charge in [-0.25, -0.2) is 15.0 Å². The molecule has 0 bridgehead atoms. The fourth-order valence-corrected chi connectivity index (χ4v) is 9.04. The number of hydrogen-bond donors (Lipinski definition) is 0. The third-order valence-corrected chi connectivity index (χ3v) is 11.0. The number of aromatic nitrogens is 3. The van der Waals surface area contributed by atoms with Gasteiger partial charge in [0, 0.05) is 26.5 Å². The van der Waals surface area contributed by atoms with Crippen molar-refractivity contribution in [2.75, 3.05) is 0 Å². The first-order chi connectivity index (χ1) is 23.8. The molecule has 0 atom stereocenters. The van der Waals surface area contributed by atoms with E-state index in [1.165, 1.54) is 43.2 Å². The third-order valence-electron chi connectivity index (χ3n) is 9.81. The maximum atomic E-state index is 5.30. The van der Waals surface area contributed by atoms with Crippen LogP contribution in [-0.4, -0.2) is 15.0 Å². The summed E-state index contributed by atoms with van der Waals surface area (Å²) in [5.41, 5.74) is 10.1. The maximum Gasteiger partial charge on any atom is 0.164 e. The van der Waals surface area contributed by atoms with E-state index in [0.29, 0.717) is 17.5 Å². The molecule has 224 valence electrons. The van der Waals surface area contributed by atoms with Crippen molar-refractivity contribution in [3.05, 3.63) is 186 Å². The molecule has 0 unspecified atom stereocenters. The average molecular weight is 630 g/mol. The van der Waals surface area contributed by atoms with Crippen LogP contribution in [0.25, 0.3) is 56.1 Å². The predicted molar refractivity (Wildman–Crippen MR) is 195 cm³/mol. The van der Waals surface area contributed by atoms with E-state index in [0.717, 1.165) is 27.5 Å². The monoisotopic (exact) mass is 629 g/mol. The van der Waals surface area contributed by atoms with Crippen LogP contribution in [0.2, 0.25) is 0 Å². The number of nitrogens with zero attached hydrogens (tertiary/aromatic N) is 3. The van der Waals surface area contributed by atoms with Crippen LogP contribution in [0.4, 0.5) is 0 Å². The van der Waals surface area contributed by atoms with Crippen LogP contribution in [-0.2, 0) is 5.41 Å². The Bertz CT molecular complexity index is 2510. The first kappa shape index (κ1) is 27.3. The van der Waals surface area contributed by atoms with E-state index in [2.05, 4.69) is 146 Å². The number of fused-ring (bicyclic) bond motifs is 10. The molecule has 0 saturated heterocycles. The van der Waals surface area contributed by atoms with Crippen molar-refractivity contribution in [1.29, 1.82) is 0 Å². The molecular formula is C44H27N3S. The molecule has 0 amide bonds. The molecule has 7 aromatic carbocycles. The smallest absolute Gasteiger partial charge is 0.164 e. The molecule has 4 heteroatoms. The summed E-state index contributed by atoms with van der Waals surface area (Å²) in [7, 11) is 0. The fraction of sp³-hybridized carbons (Fsp3) is 0.0227. The molecule has 10 rings (SSSR count). The molecular weight excluding hydrogens is 603 g/mol. The summed E-state index contributed by atoms with van der Waals surface area (Å²) >= 11 is 1.86. The minimum Gasteiger partial charge on any atom is -0.208 e. The summed E-state index contributed by atoms with van der Waals surface area (Å²) in [6.07, 6.45) is 0. The van der Waals surface area contributed by atoms with Crippen LogP contribution in [0.1, 0.15) is 22.3 Å². The molecule has 1 aromatic heterocycles. The molecule has 48 heavy (non-hydrogen) atoms. The van der Waals surface area contributed by atoms with Gasteiger partial charge in [0.25, 0.3) is 0 Å². The number of benzene rings is 7. The zero-order valence-electron chi connectivity index (χ0n) is 25.8. The van der Waals surface area contributed by atoms with Gasteiger partial charge in [-0.1, -0.05) is 163 Å². The normalized spacial score (nSPS) is 13.5. The van der Waals surface area contributed by atoms with Crippen molar-refractivity contribution >= 4 is 22.5 Å². The third kappa shape index (κ3) is 3.87. The lowest BCUT2D eigenvalue weighted by Crippen LogP contribution is -2.31. The van der Waals surface area contributed by atoms with Gasteiger partial charge in [-0.2, -0.15) is 0 Å².